The Hall–Kier alpha value is -1.64. The van der Waals surface area contributed by atoms with Crippen LogP contribution in [0.2, 0.25) is 0 Å². The van der Waals surface area contributed by atoms with Crippen LogP contribution in [-0.4, -0.2) is 23.2 Å². The minimum Gasteiger partial charge on any atom is -0.273 e. The normalized spacial score (nSPS) is 19.2. The van der Waals surface area contributed by atoms with Crippen molar-refractivity contribution in [2.45, 2.75) is 32.1 Å². The number of nitrogens with zero attached hydrogens (tertiary/aromatic N) is 2. The Morgan fingerprint density at radius 3 is 2.72 bits per heavy atom. The molecule has 0 unspecified atom stereocenters. The second-order valence-corrected chi connectivity index (χ2v) is 5.15. The van der Waals surface area contributed by atoms with Crippen molar-refractivity contribution in [2.24, 2.45) is 11.0 Å². The molecule has 1 aromatic carbocycles. The van der Waals surface area contributed by atoms with E-state index in [-0.39, 0.29) is 5.91 Å². The smallest absolute Gasteiger partial charge is 0.248 e. The molecule has 1 amide bonds. The fraction of sp³-hybridized carbons (Fsp3) is 0.467. The SMILES string of the molecule is O=C1CC(C2CC2)=NN1CCCc1ccccc1. The Balaban J connectivity index is 1.50. The van der Waals surface area contributed by atoms with Gasteiger partial charge in [-0.1, -0.05) is 30.3 Å². The maximum Gasteiger partial charge on any atom is 0.248 e. The summed E-state index contributed by atoms with van der Waals surface area (Å²) in [7, 11) is 0. The first kappa shape index (κ1) is 11.5. The van der Waals surface area contributed by atoms with Crippen LogP contribution in [-0.2, 0) is 11.2 Å². The van der Waals surface area contributed by atoms with Crippen LogP contribution in [0.5, 0.6) is 0 Å². The minimum absolute atomic E-state index is 0.185. The van der Waals surface area contributed by atoms with Crippen LogP contribution < -0.4 is 0 Å². The fourth-order valence-electron chi connectivity index (χ4n) is 2.39. The Morgan fingerprint density at radius 2 is 2.00 bits per heavy atom. The molecule has 0 radical (unpaired) electrons. The third-order valence-corrected chi connectivity index (χ3v) is 3.60. The highest BCUT2D eigenvalue weighted by Crippen LogP contribution is 2.34. The van der Waals surface area contributed by atoms with Crippen molar-refractivity contribution in [3.05, 3.63) is 35.9 Å². The first-order chi connectivity index (χ1) is 8.83. The number of hydrogen-bond donors (Lipinski definition) is 0. The van der Waals surface area contributed by atoms with E-state index in [9.17, 15) is 4.79 Å². The van der Waals surface area contributed by atoms with Gasteiger partial charge >= 0.3 is 0 Å². The van der Waals surface area contributed by atoms with E-state index >= 15 is 0 Å². The van der Waals surface area contributed by atoms with Gasteiger partial charge in [-0.05, 0) is 37.2 Å². The van der Waals surface area contributed by atoms with Gasteiger partial charge in [0, 0.05) is 6.54 Å². The van der Waals surface area contributed by atoms with Crippen molar-refractivity contribution in [1.29, 1.82) is 0 Å². The molecule has 1 fully saturated rings. The molecule has 2 aliphatic rings. The number of aryl methyl sites for hydroxylation is 1. The van der Waals surface area contributed by atoms with Crippen molar-refractivity contribution < 1.29 is 4.79 Å². The van der Waals surface area contributed by atoms with Crippen molar-refractivity contribution >= 4 is 11.6 Å². The highest BCUT2D eigenvalue weighted by Gasteiger charge is 2.34. The quantitative estimate of drug-likeness (QED) is 0.781. The number of benzene rings is 1. The van der Waals surface area contributed by atoms with Crippen LogP contribution in [0.15, 0.2) is 35.4 Å². The molecule has 0 bridgehead atoms. The zero-order chi connectivity index (χ0) is 12.4. The first-order valence-corrected chi connectivity index (χ1v) is 6.74. The van der Waals surface area contributed by atoms with Gasteiger partial charge in [0.25, 0.3) is 0 Å². The first-order valence-electron chi connectivity index (χ1n) is 6.74. The van der Waals surface area contributed by atoms with Crippen molar-refractivity contribution in [1.82, 2.24) is 5.01 Å². The lowest BCUT2D eigenvalue weighted by Gasteiger charge is -2.11. The van der Waals surface area contributed by atoms with Crippen LogP contribution in [0.25, 0.3) is 0 Å². The molecule has 3 nitrogen and oxygen atoms in total. The van der Waals surface area contributed by atoms with Crippen molar-refractivity contribution in [3.8, 4) is 0 Å². The number of rotatable bonds is 5. The summed E-state index contributed by atoms with van der Waals surface area (Å²) in [6, 6.07) is 10.4. The molecule has 0 N–H and O–H groups in total. The number of carbonyl (C=O) groups excluding carboxylic acids is 1. The number of amides is 1. The summed E-state index contributed by atoms with van der Waals surface area (Å²) in [5.41, 5.74) is 2.45. The Kier molecular flexibility index (Phi) is 3.13. The standard InChI is InChI=1S/C15H18N2O/c18-15-11-14(13-8-9-13)16-17(15)10-4-7-12-5-2-1-3-6-12/h1-3,5-6,13H,4,7-11H2. The van der Waals surface area contributed by atoms with Crippen LogP contribution in [0.4, 0.5) is 0 Å². The molecule has 1 aliphatic carbocycles. The summed E-state index contributed by atoms with van der Waals surface area (Å²) in [5, 5.41) is 6.14. The van der Waals surface area contributed by atoms with Crippen LogP contribution >= 0.6 is 0 Å². The molecule has 1 aliphatic heterocycles. The van der Waals surface area contributed by atoms with Gasteiger partial charge in [0.1, 0.15) is 0 Å². The minimum atomic E-state index is 0.185. The van der Waals surface area contributed by atoms with E-state index in [0.717, 1.165) is 25.1 Å². The average Bonchev–Trinajstić information content (AvgIpc) is 3.17. The molecule has 1 heterocycles. The highest BCUT2D eigenvalue weighted by molar-refractivity contribution is 6.06. The number of hydrazone groups is 1. The molecule has 1 saturated carbocycles. The van der Waals surface area contributed by atoms with E-state index in [1.165, 1.54) is 18.4 Å². The topological polar surface area (TPSA) is 32.7 Å². The predicted octanol–water partition coefficient (Wildman–Crippen LogP) is 2.62. The van der Waals surface area contributed by atoms with Gasteiger partial charge in [-0.15, -0.1) is 0 Å². The summed E-state index contributed by atoms with van der Waals surface area (Å²) in [5.74, 6) is 0.804. The van der Waals surface area contributed by atoms with Gasteiger partial charge < -0.3 is 0 Å². The fourth-order valence-corrected chi connectivity index (χ4v) is 2.39. The molecule has 0 saturated heterocycles. The molecule has 3 heteroatoms. The van der Waals surface area contributed by atoms with E-state index in [2.05, 4.69) is 29.4 Å². The largest absolute Gasteiger partial charge is 0.273 e. The van der Waals surface area contributed by atoms with Gasteiger partial charge in [-0.25, -0.2) is 5.01 Å². The van der Waals surface area contributed by atoms with Crippen molar-refractivity contribution in [3.63, 3.8) is 0 Å². The average molecular weight is 242 g/mol. The van der Waals surface area contributed by atoms with Gasteiger partial charge in [0.15, 0.2) is 0 Å². The summed E-state index contributed by atoms with van der Waals surface area (Å²) in [6.07, 6.45) is 5.01. The number of hydrogen-bond acceptors (Lipinski definition) is 2. The highest BCUT2D eigenvalue weighted by atomic mass is 16.2. The Bertz CT molecular complexity index is 463. The zero-order valence-corrected chi connectivity index (χ0v) is 10.5. The molecular formula is C15H18N2O. The predicted molar refractivity (Wildman–Crippen MR) is 71.3 cm³/mol. The monoisotopic (exact) mass is 242 g/mol. The molecule has 0 spiro atoms. The molecule has 0 aromatic heterocycles. The maximum absolute atomic E-state index is 11.8. The summed E-state index contributed by atoms with van der Waals surface area (Å²) < 4.78 is 0. The molecule has 18 heavy (non-hydrogen) atoms. The summed E-state index contributed by atoms with van der Waals surface area (Å²) in [4.78, 5) is 11.8. The molecule has 0 atom stereocenters. The van der Waals surface area contributed by atoms with Crippen LogP contribution in [0.3, 0.4) is 0 Å². The third-order valence-electron chi connectivity index (χ3n) is 3.60. The zero-order valence-electron chi connectivity index (χ0n) is 10.5. The summed E-state index contributed by atoms with van der Waals surface area (Å²) in [6.45, 7) is 0.754. The van der Waals surface area contributed by atoms with Gasteiger partial charge in [-0.3, -0.25) is 4.79 Å². The Morgan fingerprint density at radius 1 is 1.22 bits per heavy atom. The van der Waals surface area contributed by atoms with E-state index in [4.69, 9.17) is 0 Å². The molecular weight excluding hydrogens is 224 g/mol. The molecule has 3 rings (SSSR count). The molecule has 94 valence electrons. The van der Waals surface area contributed by atoms with E-state index < -0.39 is 0 Å². The molecule has 1 aromatic rings. The lowest BCUT2D eigenvalue weighted by Crippen LogP contribution is -2.22. The van der Waals surface area contributed by atoms with E-state index in [1.807, 2.05) is 6.07 Å². The van der Waals surface area contributed by atoms with Gasteiger partial charge in [0.05, 0.1) is 12.1 Å². The van der Waals surface area contributed by atoms with Crippen molar-refractivity contribution in [2.75, 3.05) is 6.54 Å². The van der Waals surface area contributed by atoms with Crippen LogP contribution in [0, 0.1) is 5.92 Å². The van der Waals surface area contributed by atoms with E-state index in [0.29, 0.717) is 12.3 Å². The van der Waals surface area contributed by atoms with E-state index in [1.54, 1.807) is 5.01 Å². The second kappa shape index (κ2) is 4.92. The summed E-state index contributed by atoms with van der Waals surface area (Å²) >= 11 is 0. The number of carbonyl (C=O) groups is 1. The van der Waals surface area contributed by atoms with Crippen LogP contribution in [0.1, 0.15) is 31.2 Å². The second-order valence-electron chi connectivity index (χ2n) is 5.15. The van der Waals surface area contributed by atoms with Gasteiger partial charge in [0.2, 0.25) is 5.91 Å². The third kappa shape index (κ3) is 2.61. The van der Waals surface area contributed by atoms with Gasteiger partial charge in [-0.2, -0.15) is 5.10 Å². The maximum atomic E-state index is 11.8. The lowest BCUT2D eigenvalue weighted by atomic mass is 10.1. The lowest BCUT2D eigenvalue weighted by molar-refractivity contribution is -0.128. The Labute approximate surface area is 107 Å².